The van der Waals surface area contributed by atoms with Gasteiger partial charge in [0.15, 0.2) is 0 Å². The van der Waals surface area contributed by atoms with E-state index in [1.165, 1.54) is 16.8 Å². The van der Waals surface area contributed by atoms with E-state index < -0.39 is 11.8 Å². The zero-order valence-corrected chi connectivity index (χ0v) is 11.6. The molecule has 2 aliphatic rings. The van der Waals surface area contributed by atoms with Gasteiger partial charge in [0.1, 0.15) is 23.7 Å². The zero-order valence-electron chi connectivity index (χ0n) is 11.6. The average Bonchev–Trinajstić information content (AvgIpc) is 2.84. The minimum atomic E-state index is -1.18. The van der Waals surface area contributed by atoms with Crippen LogP contribution in [0.25, 0.3) is 11.3 Å². The first kappa shape index (κ1) is 13.3. The van der Waals surface area contributed by atoms with Crippen molar-refractivity contribution in [1.29, 1.82) is 0 Å². The number of rotatable bonds is 2. The van der Waals surface area contributed by atoms with Crippen LogP contribution in [-0.2, 0) is 11.3 Å². The van der Waals surface area contributed by atoms with Gasteiger partial charge in [0.2, 0.25) is 5.88 Å². The molecule has 1 aromatic heterocycles. The van der Waals surface area contributed by atoms with Crippen molar-refractivity contribution in [3.8, 4) is 17.1 Å². The molecule has 1 spiro atoms. The highest BCUT2D eigenvalue weighted by Crippen LogP contribution is 2.40. The van der Waals surface area contributed by atoms with Gasteiger partial charge in [-0.05, 0) is 12.1 Å². The highest BCUT2D eigenvalue weighted by Gasteiger charge is 2.45. The smallest absolute Gasteiger partial charge is 0.343 e. The van der Waals surface area contributed by atoms with Crippen molar-refractivity contribution in [1.82, 2.24) is 9.78 Å². The van der Waals surface area contributed by atoms with Gasteiger partial charge >= 0.3 is 5.97 Å². The monoisotopic (exact) mass is 304 g/mol. The van der Waals surface area contributed by atoms with Crippen molar-refractivity contribution in [3.05, 3.63) is 35.6 Å². The lowest BCUT2D eigenvalue weighted by atomic mass is 9.86. The highest BCUT2D eigenvalue weighted by atomic mass is 19.1. The molecule has 0 atom stereocenters. The van der Waals surface area contributed by atoms with E-state index in [0.717, 1.165) is 0 Å². The van der Waals surface area contributed by atoms with E-state index in [4.69, 9.17) is 9.47 Å². The summed E-state index contributed by atoms with van der Waals surface area (Å²) in [6.45, 7) is 2.01. The van der Waals surface area contributed by atoms with E-state index in [2.05, 4.69) is 5.10 Å². The molecule has 1 fully saturated rings. The maximum atomic E-state index is 14.0. The van der Waals surface area contributed by atoms with Crippen LogP contribution >= 0.6 is 0 Å². The molecule has 22 heavy (non-hydrogen) atoms. The Kier molecular flexibility index (Phi) is 2.74. The van der Waals surface area contributed by atoms with Crippen LogP contribution in [-0.4, -0.2) is 40.7 Å². The number of fused-ring (bicyclic) bond motifs is 1. The summed E-state index contributed by atoms with van der Waals surface area (Å²) in [5, 5.41) is 13.8. The van der Waals surface area contributed by atoms with Crippen LogP contribution < -0.4 is 4.74 Å². The zero-order chi connectivity index (χ0) is 15.3. The lowest BCUT2D eigenvalue weighted by Gasteiger charge is -2.43. The van der Waals surface area contributed by atoms with Crippen molar-refractivity contribution in [3.63, 3.8) is 0 Å². The Balaban J connectivity index is 1.86. The largest absolute Gasteiger partial charge is 0.477 e. The van der Waals surface area contributed by atoms with Gasteiger partial charge in [0.25, 0.3) is 0 Å². The van der Waals surface area contributed by atoms with Gasteiger partial charge in [-0.3, -0.25) is 0 Å². The molecule has 1 aromatic carbocycles. The molecular formula is C15H13FN2O4. The molecule has 3 heterocycles. The molecule has 0 amide bonds. The first-order chi connectivity index (χ1) is 10.6. The maximum absolute atomic E-state index is 14.0. The molecule has 0 radical (unpaired) electrons. The second-order valence-electron chi connectivity index (χ2n) is 5.75. The molecule has 0 unspecified atom stereocenters. The van der Waals surface area contributed by atoms with Gasteiger partial charge in [-0.15, -0.1) is 0 Å². The fourth-order valence-corrected chi connectivity index (χ4v) is 2.89. The quantitative estimate of drug-likeness (QED) is 0.915. The van der Waals surface area contributed by atoms with Gasteiger partial charge in [-0.1, -0.05) is 12.1 Å². The minimum Gasteiger partial charge on any atom is -0.477 e. The summed E-state index contributed by atoms with van der Waals surface area (Å²) in [5.41, 5.74) is 0.00350. The van der Waals surface area contributed by atoms with Crippen LogP contribution in [0.4, 0.5) is 4.39 Å². The second kappa shape index (κ2) is 4.54. The number of benzene rings is 1. The SMILES string of the molecule is O=C(O)c1c(-c2ccccc2F)nn2c1OCC1(COC1)C2. The molecule has 2 aromatic rings. The summed E-state index contributed by atoms with van der Waals surface area (Å²) in [7, 11) is 0. The van der Waals surface area contributed by atoms with Crippen LogP contribution in [0.2, 0.25) is 0 Å². The Morgan fingerprint density at radius 2 is 2.09 bits per heavy atom. The molecule has 0 aliphatic carbocycles. The number of carbonyl (C=O) groups is 1. The third-order valence-electron chi connectivity index (χ3n) is 4.07. The molecule has 1 N–H and O–H groups in total. The highest BCUT2D eigenvalue weighted by molar-refractivity contribution is 5.97. The predicted octanol–water partition coefficient (Wildman–Crippen LogP) is 1.80. The summed E-state index contributed by atoms with van der Waals surface area (Å²) >= 11 is 0. The van der Waals surface area contributed by atoms with Gasteiger partial charge in [0.05, 0.1) is 25.2 Å². The van der Waals surface area contributed by atoms with Crippen molar-refractivity contribution >= 4 is 5.97 Å². The number of aromatic carboxylic acids is 1. The van der Waals surface area contributed by atoms with E-state index >= 15 is 0 Å². The van der Waals surface area contributed by atoms with E-state index in [9.17, 15) is 14.3 Å². The predicted molar refractivity (Wildman–Crippen MR) is 73.3 cm³/mol. The van der Waals surface area contributed by atoms with Gasteiger partial charge < -0.3 is 14.6 Å². The number of carboxylic acid groups (broad SMARTS) is 1. The summed E-state index contributed by atoms with van der Waals surface area (Å²) in [6, 6.07) is 5.98. The van der Waals surface area contributed by atoms with E-state index in [1.807, 2.05) is 0 Å². The summed E-state index contributed by atoms with van der Waals surface area (Å²) in [4.78, 5) is 11.6. The Labute approximate surface area is 125 Å². The molecule has 4 rings (SSSR count). The standard InChI is InChI=1S/C15H13FN2O4/c16-10-4-2-1-3-9(10)12-11(14(19)20)13-18(17-12)5-15(8-22-13)6-21-7-15/h1-4H,5-8H2,(H,19,20). The van der Waals surface area contributed by atoms with Crippen LogP contribution in [0.1, 0.15) is 10.4 Å². The normalized spacial score (nSPS) is 18.4. The van der Waals surface area contributed by atoms with Crippen molar-refractivity contribution in [2.45, 2.75) is 6.54 Å². The molecule has 0 bridgehead atoms. The minimum absolute atomic E-state index is 0.0953. The number of hydrogen-bond acceptors (Lipinski definition) is 4. The molecule has 0 saturated carbocycles. The number of nitrogens with zero attached hydrogens (tertiary/aromatic N) is 2. The third kappa shape index (κ3) is 1.82. The fourth-order valence-electron chi connectivity index (χ4n) is 2.89. The average molecular weight is 304 g/mol. The number of aromatic nitrogens is 2. The van der Waals surface area contributed by atoms with Crippen molar-refractivity contribution < 1.29 is 23.8 Å². The summed E-state index contributed by atoms with van der Waals surface area (Å²) in [5.74, 6) is -1.51. The van der Waals surface area contributed by atoms with Crippen molar-refractivity contribution in [2.24, 2.45) is 5.41 Å². The Hall–Kier alpha value is -2.41. The van der Waals surface area contributed by atoms with E-state index in [1.54, 1.807) is 12.1 Å². The maximum Gasteiger partial charge on any atom is 0.343 e. The lowest BCUT2D eigenvalue weighted by molar-refractivity contribution is -0.154. The second-order valence-corrected chi connectivity index (χ2v) is 5.75. The number of ether oxygens (including phenoxy) is 2. The van der Waals surface area contributed by atoms with Crippen LogP contribution in [0.15, 0.2) is 24.3 Å². The van der Waals surface area contributed by atoms with Crippen LogP contribution in [0, 0.1) is 11.2 Å². The number of halogens is 1. The summed E-state index contributed by atoms with van der Waals surface area (Å²) < 4.78 is 26.4. The van der Waals surface area contributed by atoms with Gasteiger partial charge in [0, 0.05) is 5.56 Å². The lowest BCUT2D eigenvalue weighted by Crippen LogP contribution is -2.52. The molecule has 7 heteroatoms. The molecule has 6 nitrogen and oxygen atoms in total. The first-order valence-electron chi connectivity index (χ1n) is 6.89. The first-order valence-corrected chi connectivity index (χ1v) is 6.89. The van der Waals surface area contributed by atoms with Gasteiger partial charge in [-0.25, -0.2) is 13.9 Å². The van der Waals surface area contributed by atoms with Crippen molar-refractivity contribution in [2.75, 3.05) is 19.8 Å². The van der Waals surface area contributed by atoms with Gasteiger partial charge in [-0.2, -0.15) is 5.10 Å². The Morgan fingerprint density at radius 3 is 2.73 bits per heavy atom. The third-order valence-corrected chi connectivity index (χ3v) is 4.07. The molecular weight excluding hydrogens is 291 g/mol. The number of hydrogen-bond donors (Lipinski definition) is 1. The Bertz CT molecular complexity index is 767. The summed E-state index contributed by atoms with van der Waals surface area (Å²) in [6.07, 6.45) is 0. The Morgan fingerprint density at radius 1 is 1.32 bits per heavy atom. The fraction of sp³-hybridized carbons (Fsp3) is 0.333. The molecule has 1 saturated heterocycles. The topological polar surface area (TPSA) is 73.6 Å². The molecule has 114 valence electrons. The molecule has 2 aliphatic heterocycles. The van der Waals surface area contributed by atoms with E-state index in [-0.39, 0.29) is 28.1 Å². The number of carboxylic acids is 1. The van der Waals surface area contributed by atoms with Crippen LogP contribution in [0.5, 0.6) is 5.88 Å². The van der Waals surface area contributed by atoms with Crippen LogP contribution in [0.3, 0.4) is 0 Å². The van der Waals surface area contributed by atoms with E-state index in [0.29, 0.717) is 26.4 Å².